The molecule has 0 radical (unpaired) electrons. The first-order chi connectivity index (χ1) is 16.9. The lowest BCUT2D eigenvalue weighted by molar-refractivity contribution is -0.123. The number of aryl methyl sites for hydroxylation is 2. The quantitative estimate of drug-likeness (QED) is 0.335. The Hall–Kier alpha value is -3.51. The Kier molecular flexibility index (Phi) is 5.04. The van der Waals surface area contributed by atoms with Gasteiger partial charge in [0.1, 0.15) is 6.04 Å². The van der Waals surface area contributed by atoms with E-state index in [1.165, 1.54) is 4.90 Å². The largest absolute Gasteiger partial charge is 0.358 e. The molecule has 0 aromatic heterocycles. The Morgan fingerprint density at radius 2 is 1.60 bits per heavy atom. The lowest BCUT2D eigenvalue weighted by atomic mass is 9.83. The average Bonchev–Trinajstić information content (AvgIpc) is 3.32. The minimum atomic E-state index is -0.764. The highest BCUT2D eigenvalue weighted by Gasteiger charge is 2.64. The van der Waals surface area contributed by atoms with Gasteiger partial charge < -0.3 is 4.90 Å². The van der Waals surface area contributed by atoms with Crippen LogP contribution >= 0.6 is 15.9 Å². The van der Waals surface area contributed by atoms with Crippen LogP contribution in [-0.2, 0) is 9.59 Å². The van der Waals surface area contributed by atoms with Crippen LogP contribution in [0.25, 0.3) is 6.08 Å². The molecule has 2 saturated heterocycles. The highest BCUT2D eigenvalue weighted by Crippen LogP contribution is 2.54. The Morgan fingerprint density at radius 3 is 2.34 bits per heavy atom. The lowest BCUT2D eigenvalue weighted by Gasteiger charge is -2.35. The normalized spacial score (nSPS) is 24.4. The standard InChI is InChI=1S/C29H23BrN2O3/c1-16-7-12-22(17(2)15-16)32-28(34)23-24(29(32)35)26(27(33)19-8-10-20(30)11-9-19)31-14-13-18-5-3-4-6-21(18)25(23)31/h3-15,23-26H,1-2H3/t23-,24+,25+,26-/m1/s1. The van der Waals surface area contributed by atoms with Gasteiger partial charge in [-0.3, -0.25) is 14.4 Å². The monoisotopic (exact) mass is 526 g/mol. The molecule has 2 fully saturated rings. The topological polar surface area (TPSA) is 57.7 Å². The van der Waals surface area contributed by atoms with E-state index in [9.17, 15) is 14.4 Å². The van der Waals surface area contributed by atoms with Crippen LogP contribution < -0.4 is 4.90 Å². The first-order valence-electron chi connectivity index (χ1n) is 11.7. The molecule has 3 heterocycles. The van der Waals surface area contributed by atoms with Gasteiger partial charge in [0.15, 0.2) is 5.78 Å². The van der Waals surface area contributed by atoms with Crippen LogP contribution in [0.3, 0.4) is 0 Å². The SMILES string of the molecule is Cc1ccc(N2C(=O)[C@@H]3[C@H](C2=O)[C@H](C(=O)c2ccc(Br)cc2)N2C=Cc4ccccc4[C@@H]32)c(C)c1. The number of hydrogen-bond acceptors (Lipinski definition) is 4. The van der Waals surface area contributed by atoms with Crippen LogP contribution in [0, 0.1) is 25.7 Å². The van der Waals surface area contributed by atoms with Crippen LogP contribution in [0.4, 0.5) is 5.69 Å². The van der Waals surface area contributed by atoms with E-state index in [4.69, 9.17) is 0 Å². The van der Waals surface area contributed by atoms with E-state index in [2.05, 4.69) is 15.9 Å². The molecule has 0 spiro atoms. The Balaban J connectivity index is 1.50. The third-order valence-electron chi connectivity index (χ3n) is 7.45. The highest BCUT2D eigenvalue weighted by atomic mass is 79.9. The molecule has 0 unspecified atom stereocenters. The second-order valence-corrected chi connectivity index (χ2v) is 10.4. The summed E-state index contributed by atoms with van der Waals surface area (Å²) in [6, 6.07) is 19.6. The predicted molar refractivity (Wildman–Crippen MR) is 138 cm³/mol. The number of hydrogen-bond donors (Lipinski definition) is 0. The van der Waals surface area contributed by atoms with Gasteiger partial charge in [0.25, 0.3) is 0 Å². The number of benzene rings is 3. The molecule has 0 aliphatic carbocycles. The summed E-state index contributed by atoms with van der Waals surface area (Å²) in [5.74, 6) is -2.10. The van der Waals surface area contributed by atoms with Gasteiger partial charge in [-0.2, -0.15) is 0 Å². The molecule has 0 saturated carbocycles. The molecular weight excluding hydrogens is 504 g/mol. The van der Waals surface area contributed by atoms with E-state index in [1.807, 2.05) is 85.6 Å². The first-order valence-corrected chi connectivity index (χ1v) is 12.5. The number of amides is 2. The van der Waals surface area contributed by atoms with Crippen molar-refractivity contribution in [3.05, 3.63) is 105 Å². The number of nitrogens with zero attached hydrogens (tertiary/aromatic N) is 2. The van der Waals surface area contributed by atoms with E-state index in [0.29, 0.717) is 11.3 Å². The number of ketones is 1. The zero-order valence-electron chi connectivity index (χ0n) is 19.3. The van der Waals surface area contributed by atoms with Crippen molar-refractivity contribution in [1.82, 2.24) is 4.90 Å². The second kappa shape index (κ2) is 8.02. The van der Waals surface area contributed by atoms with Crippen molar-refractivity contribution < 1.29 is 14.4 Å². The van der Waals surface area contributed by atoms with E-state index >= 15 is 0 Å². The zero-order valence-corrected chi connectivity index (χ0v) is 20.9. The van der Waals surface area contributed by atoms with Crippen molar-refractivity contribution in [1.29, 1.82) is 0 Å². The van der Waals surface area contributed by atoms with Crippen molar-refractivity contribution in [2.45, 2.75) is 25.9 Å². The molecule has 3 aliphatic heterocycles. The van der Waals surface area contributed by atoms with Crippen LogP contribution in [0.1, 0.15) is 38.7 Å². The molecule has 6 heteroatoms. The maximum absolute atomic E-state index is 14.0. The number of anilines is 1. The van der Waals surface area contributed by atoms with Gasteiger partial charge in [-0.25, -0.2) is 4.90 Å². The second-order valence-electron chi connectivity index (χ2n) is 9.51. The highest BCUT2D eigenvalue weighted by molar-refractivity contribution is 9.10. The van der Waals surface area contributed by atoms with Crippen molar-refractivity contribution >= 4 is 45.3 Å². The van der Waals surface area contributed by atoms with Gasteiger partial charge in [0.2, 0.25) is 11.8 Å². The summed E-state index contributed by atoms with van der Waals surface area (Å²) < 4.78 is 0.871. The third-order valence-corrected chi connectivity index (χ3v) is 7.98. The van der Waals surface area contributed by atoms with Gasteiger partial charge in [0, 0.05) is 16.2 Å². The minimum Gasteiger partial charge on any atom is -0.358 e. The fourth-order valence-corrected chi connectivity index (χ4v) is 6.20. The molecule has 3 aromatic carbocycles. The van der Waals surface area contributed by atoms with Gasteiger partial charge in [-0.15, -0.1) is 0 Å². The van der Waals surface area contributed by atoms with Crippen LogP contribution in [0.5, 0.6) is 0 Å². The number of fused-ring (bicyclic) bond motifs is 5. The molecule has 5 nitrogen and oxygen atoms in total. The molecule has 6 rings (SSSR count). The molecule has 3 aliphatic rings. The summed E-state index contributed by atoms with van der Waals surface area (Å²) in [6.45, 7) is 3.89. The summed E-state index contributed by atoms with van der Waals surface area (Å²) >= 11 is 3.42. The number of halogens is 1. The molecule has 0 bridgehead atoms. The molecule has 0 N–H and O–H groups in total. The van der Waals surface area contributed by atoms with Gasteiger partial charge >= 0.3 is 0 Å². The molecule has 2 amide bonds. The number of carbonyl (C=O) groups is 3. The summed E-state index contributed by atoms with van der Waals surface area (Å²) in [6.07, 6.45) is 3.85. The average molecular weight is 527 g/mol. The first kappa shape index (κ1) is 22.0. The molecule has 4 atom stereocenters. The lowest BCUT2D eigenvalue weighted by Crippen LogP contribution is -2.44. The van der Waals surface area contributed by atoms with Crippen LogP contribution in [-0.4, -0.2) is 28.5 Å². The van der Waals surface area contributed by atoms with Crippen molar-refractivity contribution in [3.8, 4) is 0 Å². The minimum absolute atomic E-state index is 0.150. The number of rotatable bonds is 3. The van der Waals surface area contributed by atoms with E-state index in [1.54, 1.807) is 12.1 Å². The maximum Gasteiger partial charge on any atom is 0.240 e. The molecule has 3 aromatic rings. The summed E-state index contributed by atoms with van der Waals surface area (Å²) in [5.41, 5.74) is 5.03. The predicted octanol–water partition coefficient (Wildman–Crippen LogP) is 5.46. The number of imide groups is 1. The van der Waals surface area contributed by atoms with Crippen molar-refractivity contribution in [3.63, 3.8) is 0 Å². The summed E-state index contributed by atoms with van der Waals surface area (Å²) in [5, 5.41) is 0. The van der Waals surface area contributed by atoms with Crippen LogP contribution in [0.2, 0.25) is 0 Å². The molecule has 174 valence electrons. The van der Waals surface area contributed by atoms with Crippen molar-refractivity contribution in [2.24, 2.45) is 11.8 Å². The Bertz CT molecular complexity index is 1430. The Morgan fingerprint density at radius 1 is 0.886 bits per heavy atom. The van der Waals surface area contributed by atoms with E-state index < -0.39 is 17.9 Å². The van der Waals surface area contributed by atoms with Gasteiger partial charge in [-0.05, 0) is 54.8 Å². The zero-order chi connectivity index (χ0) is 24.4. The van der Waals surface area contributed by atoms with Gasteiger partial charge in [0.05, 0.1) is 23.6 Å². The van der Waals surface area contributed by atoms with Crippen LogP contribution in [0.15, 0.2) is 77.4 Å². The van der Waals surface area contributed by atoms with E-state index in [0.717, 1.165) is 26.7 Å². The third kappa shape index (κ3) is 3.23. The summed E-state index contributed by atoms with van der Waals surface area (Å²) in [7, 11) is 0. The fourth-order valence-electron chi connectivity index (χ4n) is 5.94. The smallest absolute Gasteiger partial charge is 0.240 e. The number of carbonyl (C=O) groups excluding carboxylic acids is 3. The fraction of sp³-hybridized carbons (Fsp3) is 0.207. The van der Waals surface area contributed by atoms with E-state index in [-0.39, 0.29) is 23.6 Å². The molecule has 35 heavy (non-hydrogen) atoms. The van der Waals surface area contributed by atoms with Gasteiger partial charge in [-0.1, -0.05) is 70.0 Å². The van der Waals surface area contributed by atoms with Crippen molar-refractivity contribution in [2.75, 3.05) is 4.90 Å². The summed E-state index contributed by atoms with van der Waals surface area (Å²) in [4.78, 5) is 45.1. The Labute approximate surface area is 212 Å². The molecular formula is C29H23BrN2O3. The maximum atomic E-state index is 14.0. The number of Topliss-reactive ketones (excluding diaryl/α,β-unsaturated/α-hetero) is 1.